The van der Waals surface area contributed by atoms with Crippen molar-refractivity contribution in [1.29, 1.82) is 0 Å². The van der Waals surface area contributed by atoms with E-state index in [0.29, 0.717) is 12.1 Å². The molecule has 0 atom stereocenters. The van der Waals surface area contributed by atoms with Crippen molar-refractivity contribution in [3.63, 3.8) is 0 Å². The molecule has 1 aromatic rings. The summed E-state index contributed by atoms with van der Waals surface area (Å²) in [5, 5.41) is 6.80. The van der Waals surface area contributed by atoms with Gasteiger partial charge in [-0.15, -0.1) is 24.0 Å². The molecule has 2 aliphatic heterocycles. The molecule has 2 N–H and O–H groups in total. The summed E-state index contributed by atoms with van der Waals surface area (Å²) in [6.45, 7) is 7.99. The highest BCUT2D eigenvalue weighted by Gasteiger charge is 2.39. The van der Waals surface area contributed by atoms with E-state index < -0.39 is 0 Å². The van der Waals surface area contributed by atoms with Gasteiger partial charge < -0.3 is 15.4 Å². The minimum atomic E-state index is -0.204. The fraction of sp³-hybridized carbons (Fsp3) is 0.650. The monoisotopic (exact) mass is 490 g/mol. The fourth-order valence-electron chi connectivity index (χ4n) is 3.93. The number of aliphatic imine (C=N–C) groups is 1. The van der Waals surface area contributed by atoms with Gasteiger partial charge in [0.2, 0.25) is 0 Å². The molecule has 1 aromatic carbocycles. The van der Waals surface area contributed by atoms with Gasteiger partial charge in [0.25, 0.3) is 0 Å². The van der Waals surface area contributed by atoms with Crippen LogP contribution in [0.2, 0.25) is 0 Å². The molecule has 0 saturated carbocycles. The van der Waals surface area contributed by atoms with Gasteiger partial charge in [0.1, 0.15) is 5.82 Å². The number of hydrogen-bond acceptors (Lipinski definition) is 3. The van der Waals surface area contributed by atoms with Crippen molar-refractivity contribution < 1.29 is 9.13 Å². The Hall–Kier alpha value is -0.930. The summed E-state index contributed by atoms with van der Waals surface area (Å²) in [6, 6.07) is 6.82. The molecule has 5 nitrogen and oxygen atoms in total. The molecule has 0 spiro atoms. The van der Waals surface area contributed by atoms with E-state index in [9.17, 15) is 4.39 Å². The van der Waals surface area contributed by atoms with Crippen LogP contribution in [0.15, 0.2) is 29.3 Å². The van der Waals surface area contributed by atoms with Gasteiger partial charge in [-0.2, -0.15) is 0 Å². The van der Waals surface area contributed by atoms with E-state index in [-0.39, 0.29) is 35.3 Å². The Bertz CT molecular complexity index is 601. The lowest BCUT2D eigenvalue weighted by Gasteiger charge is -2.45. The Morgan fingerprint density at radius 1 is 1.19 bits per heavy atom. The molecule has 2 heterocycles. The van der Waals surface area contributed by atoms with Crippen molar-refractivity contribution in [2.45, 2.75) is 44.7 Å². The third-order valence-electron chi connectivity index (χ3n) is 5.49. The van der Waals surface area contributed by atoms with E-state index in [1.807, 2.05) is 13.0 Å². The lowest BCUT2D eigenvalue weighted by Crippen LogP contribution is -2.58. The molecule has 0 bridgehead atoms. The summed E-state index contributed by atoms with van der Waals surface area (Å²) >= 11 is 0. The number of rotatable bonds is 6. The van der Waals surface area contributed by atoms with E-state index in [4.69, 9.17) is 4.74 Å². The van der Waals surface area contributed by atoms with Crippen LogP contribution >= 0.6 is 24.0 Å². The standard InChI is InChI=1S/C20H31FN4O.HI/c1-2-22-19(23-15-17-7-3-4-8-18(17)21)24-16-20(9-13-26-14-10-20)25-11-5-6-12-25;/h3-4,7-8H,2,5-6,9-16H2,1H3,(H2,22,23,24);1H. The average Bonchev–Trinajstić information content (AvgIpc) is 3.21. The first kappa shape index (κ1) is 22.4. The number of hydrogen-bond donors (Lipinski definition) is 2. The van der Waals surface area contributed by atoms with Gasteiger partial charge in [-0.25, -0.2) is 9.38 Å². The number of benzene rings is 1. The normalized spacial score (nSPS) is 20.1. The Labute approximate surface area is 179 Å². The highest BCUT2D eigenvalue weighted by Crippen LogP contribution is 2.30. The van der Waals surface area contributed by atoms with Gasteiger partial charge in [-0.1, -0.05) is 18.2 Å². The summed E-state index contributed by atoms with van der Waals surface area (Å²) in [6.07, 6.45) is 4.66. The van der Waals surface area contributed by atoms with E-state index in [1.165, 1.54) is 32.0 Å². The second kappa shape index (κ2) is 11.2. The second-order valence-electron chi connectivity index (χ2n) is 7.17. The van der Waals surface area contributed by atoms with Crippen LogP contribution in [0, 0.1) is 5.82 Å². The van der Waals surface area contributed by atoms with Crippen LogP contribution in [0.4, 0.5) is 4.39 Å². The summed E-state index contributed by atoms with van der Waals surface area (Å²) in [7, 11) is 0. The van der Waals surface area contributed by atoms with Crippen LogP contribution in [0.1, 0.15) is 38.2 Å². The van der Waals surface area contributed by atoms with E-state index >= 15 is 0 Å². The zero-order chi connectivity index (χ0) is 18.2. The predicted octanol–water partition coefficient (Wildman–Crippen LogP) is 3.14. The van der Waals surface area contributed by atoms with Crippen LogP contribution in [-0.4, -0.2) is 55.8 Å². The SMILES string of the molecule is CCNC(=NCc1ccccc1F)NCC1(N2CCCC2)CCOCC1.I. The number of guanidine groups is 1. The molecule has 2 saturated heterocycles. The summed E-state index contributed by atoms with van der Waals surface area (Å²) in [5.74, 6) is 0.547. The average molecular weight is 490 g/mol. The van der Waals surface area contributed by atoms with Gasteiger partial charge in [0.05, 0.1) is 6.54 Å². The van der Waals surface area contributed by atoms with Gasteiger partial charge in [0, 0.05) is 37.4 Å². The molecule has 2 fully saturated rings. The maximum absolute atomic E-state index is 13.8. The summed E-state index contributed by atoms with van der Waals surface area (Å²) < 4.78 is 19.5. The maximum Gasteiger partial charge on any atom is 0.191 e. The van der Waals surface area contributed by atoms with Crippen LogP contribution < -0.4 is 10.6 Å². The molecule has 0 aliphatic carbocycles. The minimum absolute atomic E-state index is 0. The molecule has 0 radical (unpaired) electrons. The van der Waals surface area contributed by atoms with Crippen molar-refractivity contribution in [3.05, 3.63) is 35.6 Å². The third-order valence-corrected chi connectivity index (χ3v) is 5.49. The number of halogens is 2. The van der Waals surface area contributed by atoms with E-state index in [1.54, 1.807) is 12.1 Å². The fourth-order valence-corrected chi connectivity index (χ4v) is 3.93. The van der Waals surface area contributed by atoms with E-state index in [2.05, 4.69) is 20.5 Å². The quantitative estimate of drug-likeness (QED) is 0.366. The molecule has 2 aliphatic rings. The highest BCUT2D eigenvalue weighted by atomic mass is 127. The van der Waals surface area contributed by atoms with Crippen LogP contribution in [0.25, 0.3) is 0 Å². The highest BCUT2D eigenvalue weighted by molar-refractivity contribution is 14.0. The Balaban J connectivity index is 0.00000261. The zero-order valence-corrected chi connectivity index (χ0v) is 18.5. The summed E-state index contributed by atoms with van der Waals surface area (Å²) in [5.41, 5.74) is 0.758. The van der Waals surface area contributed by atoms with Gasteiger partial charge in [0.15, 0.2) is 5.96 Å². The molecule has 152 valence electrons. The minimum Gasteiger partial charge on any atom is -0.381 e. The molecular weight excluding hydrogens is 458 g/mol. The Morgan fingerprint density at radius 3 is 2.56 bits per heavy atom. The van der Waals surface area contributed by atoms with Crippen molar-refractivity contribution in [2.24, 2.45) is 4.99 Å². The zero-order valence-electron chi connectivity index (χ0n) is 16.2. The molecule has 7 heteroatoms. The molecule has 0 amide bonds. The van der Waals surface area contributed by atoms with Crippen molar-refractivity contribution >= 4 is 29.9 Å². The van der Waals surface area contributed by atoms with Gasteiger partial charge in [-0.3, -0.25) is 4.90 Å². The largest absolute Gasteiger partial charge is 0.381 e. The van der Waals surface area contributed by atoms with Crippen molar-refractivity contribution in [1.82, 2.24) is 15.5 Å². The molecule has 0 aromatic heterocycles. The third kappa shape index (κ3) is 6.02. The summed E-state index contributed by atoms with van der Waals surface area (Å²) in [4.78, 5) is 7.22. The number of ether oxygens (including phenoxy) is 1. The number of nitrogens with zero attached hydrogens (tertiary/aromatic N) is 2. The number of nitrogens with one attached hydrogen (secondary N) is 2. The predicted molar refractivity (Wildman–Crippen MR) is 118 cm³/mol. The molecule has 3 rings (SSSR count). The van der Waals surface area contributed by atoms with Gasteiger partial charge >= 0.3 is 0 Å². The van der Waals surface area contributed by atoms with Crippen molar-refractivity contribution in [3.8, 4) is 0 Å². The van der Waals surface area contributed by atoms with Crippen LogP contribution in [-0.2, 0) is 11.3 Å². The first-order valence-corrected chi connectivity index (χ1v) is 9.82. The first-order chi connectivity index (χ1) is 12.7. The molecule has 27 heavy (non-hydrogen) atoms. The molecule has 0 unspecified atom stereocenters. The van der Waals surface area contributed by atoms with Crippen LogP contribution in [0.3, 0.4) is 0 Å². The van der Waals surface area contributed by atoms with Crippen LogP contribution in [0.5, 0.6) is 0 Å². The Kier molecular flexibility index (Phi) is 9.25. The lowest BCUT2D eigenvalue weighted by atomic mass is 9.88. The maximum atomic E-state index is 13.8. The number of likely N-dealkylation sites (tertiary alicyclic amines) is 1. The Morgan fingerprint density at radius 2 is 1.89 bits per heavy atom. The smallest absolute Gasteiger partial charge is 0.191 e. The van der Waals surface area contributed by atoms with Crippen molar-refractivity contribution in [2.75, 3.05) is 39.4 Å². The molecular formula is C20H32FIN4O. The first-order valence-electron chi connectivity index (χ1n) is 9.82. The second-order valence-corrected chi connectivity index (χ2v) is 7.17. The van der Waals surface area contributed by atoms with Gasteiger partial charge in [-0.05, 0) is 51.8 Å². The van der Waals surface area contributed by atoms with E-state index in [0.717, 1.165) is 45.1 Å². The topological polar surface area (TPSA) is 48.9 Å². The lowest BCUT2D eigenvalue weighted by molar-refractivity contribution is -0.0164.